The summed E-state index contributed by atoms with van der Waals surface area (Å²) in [6, 6.07) is 3.58. The van der Waals surface area contributed by atoms with Gasteiger partial charge in [-0.1, -0.05) is 6.07 Å². The van der Waals surface area contributed by atoms with Crippen LogP contribution in [0.15, 0.2) is 17.5 Å². The van der Waals surface area contributed by atoms with E-state index < -0.39 is 0 Å². The molecule has 1 rings (SSSR count). The maximum Gasteiger partial charge on any atom is 0.261 e. The van der Waals surface area contributed by atoms with Gasteiger partial charge in [-0.05, 0) is 18.4 Å². The zero-order valence-electron chi connectivity index (χ0n) is 8.58. The van der Waals surface area contributed by atoms with E-state index >= 15 is 0 Å². The van der Waals surface area contributed by atoms with E-state index in [0.717, 1.165) is 0 Å². The van der Waals surface area contributed by atoms with E-state index in [4.69, 9.17) is 0 Å². The molecular weight excluding hydrogens is 212 g/mol. The van der Waals surface area contributed by atoms with E-state index in [-0.39, 0.29) is 11.8 Å². The Morgan fingerprint density at radius 2 is 2.20 bits per heavy atom. The Morgan fingerprint density at radius 1 is 1.40 bits per heavy atom. The van der Waals surface area contributed by atoms with Gasteiger partial charge in [-0.2, -0.15) is 0 Å². The summed E-state index contributed by atoms with van der Waals surface area (Å²) in [5, 5.41) is 7.20. The lowest BCUT2D eigenvalue weighted by Crippen LogP contribution is -2.30. The van der Waals surface area contributed by atoms with Crippen LogP contribution in [0.25, 0.3) is 0 Å². The summed E-state index contributed by atoms with van der Waals surface area (Å²) in [6.07, 6.45) is 0.324. The smallest absolute Gasteiger partial charge is 0.261 e. The minimum atomic E-state index is -0.116. The summed E-state index contributed by atoms with van der Waals surface area (Å²) in [6.45, 7) is 2.86. The zero-order valence-corrected chi connectivity index (χ0v) is 9.39. The lowest BCUT2D eigenvalue weighted by Gasteiger charge is -2.03. The minimum absolute atomic E-state index is 0.0380. The van der Waals surface area contributed by atoms with Crippen LogP contribution in [0.1, 0.15) is 23.0 Å². The first-order chi connectivity index (χ1) is 7.24. The van der Waals surface area contributed by atoms with Gasteiger partial charge >= 0.3 is 0 Å². The second-order valence-electron chi connectivity index (χ2n) is 2.94. The molecule has 0 aliphatic rings. The summed E-state index contributed by atoms with van der Waals surface area (Å²) < 4.78 is 0. The molecule has 0 aliphatic heterocycles. The number of thiophene rings is 1. The fraction of sp³-hybridized carbons (Fsp3) is 0.400. The number of carbonyl (C=O) groups excluding carboxylic acids is 2. The lowest BCUT2D eigenvalue weighted by atomic mass is 10.3. The molecule has 82 valence electrons. The summed E-state index contributed by atoms with van der Waals surface area (Å²) in [7, 11) is 0. The van der Waals surface area contributed by atoms with Crippen molar-refractivity contribution in [3.05, 3.63) is 22.4 Å². The average molecular weight is 226 g/mol. The van der Waals surface area contributed by atoms with Crippen LogP contribution < -0.4 is 10.6 Å². The molecule has 0 radical (unpaired) electrons. The van der Waals surface area contributed by atoms with Gasteiger partial charge in [-0.25, -0.2) is 0 Å². The standard InChI is InChI=1S/C10H14N2O2S/c1-2-11-9(13)5-6-12-10(14)8-4-3-7-15-8/h3-4,7H,2,5-6H2,1H3,(H,11,13)(H,12,14). The first-order valence-electron chi connectivity index (χ1n) is 4.82. The Labute approximate surface area is 92.7 Å². The summed E-state index contributed by atoms with van der Waals surface area (Å²) in [4.78, 5) is 23.1. The van der Waals surface area contributed by atoms with Gasteiger partial charge < -0.3 is 10.6 Å². The van der Waals surface area contributed by atoms with Gasteiger partial charge in [0.25, 0.3) is 5.91 Å². The van der Waals surface area contributed by atoms with Gasteiger partial charge in [-0.3, -0.25) is 9.59 Å². The molecule has 1 aromatic heterocycles. The maximum atomic E-state index is 11.4. The second-order valence-corrected chi connectivity index (χ2v) is 3.88. The largest absolute Gasteiger partial charge is 0.356 e. The van der Waals surface area contributed by atoms with Crippen LogP contribution in [0, 0.1) is 0 Å². The van der Waals surface area contributed by atoms with Crippen LogP contribution in [-0.2, 0) is 4.79 Å². The first kappa shape index (κ1) is 11.7. The van der Waals surface area contributed by atoms with Crippen LogP contribution in [-0.4, -0.2) is 24.9 Å². The summed E-state index contributed by atoms with van der Waals surface area (Å²) >= 11 is 1.39. The van der Waals surface area contributed by atoms with Gasteiger partial charge in [0.05, 0.1) is 4.88 Å². The van der Waals surface area contributed by atoms with Crippen molar-refractivity contribution in [2.24, 2.45) is 0 Å². The molecule has 1 aromatic rings. The Bertz CT molecular complexity index is 322. The molecule has 15 heavy (non-hydrogen) atoms. The van der Waals surface area contributed by atoms with E-state index in [1.165, 1.54) is 11.3 Å². The van der Waals surface area contributed by atoms with E-state index in [9.17, 15) is 9.59 Å². The van der Waals surface area contributed by atoms with Gasteiger partial charge in [0.1, 0.15) is 0 Å². The molecule has 0 spiro atoms. The van der Waals surface area contributed by atoms with Crippen molar-refractivity contribution in [2.75, 3.05) is 13.1 Å². The quantitative estimate of drug-likeness (QED) is 0.787. The van der Waals surface area contributed by atoms with Gasteiger partial charge in [0, 0.05) is 19.5 Å². The number of hydrogen-bond acceptors (Lipinski definition) is 3. The highest BCUT2D eigenvalue weighted by atomic mass is 32.1. The number of amides is 2. The van der Waals surface area contributed by atoms with Crippen molar-refractivity contribution < 1.29 is 9.59 Å². The Hall–Kier alpha value is -1.36. The Kier molecular flexibility index (Phi) is 4.83. The van der Waals surface area contributed by atoms with Crippen LogP contribution in [0.4, 0.5) is 0 Å². The Balaban J connectivity index is 2.21. The van der Waals surface area contributed by atoms with Gasteiger partial charge in [0.2, 0.25) is 5.91 Å². The maximum absolute atomic E-state index is 11.4. The van der Waals surface area contributed by atoms with Crippen LogP contribution in [0.2, 0.25) is 0 Å². The topological polar surface area (TPSA) is 58.2 Å². The van der Waals surface area contributed by atoms with Gasteiger partial charge in [0.15, 0.2) is 0 Å². The van der Waals surface area contributed by atoms with Crippen molar-refractivity contribution in [3.63, 3.8) is 0 Å². The van der Waals surface area contributed by atoms with Crippen molar-refractivity contribution in [1.82, 2.24) is 10.6 Å². The van der Waals surface area contributed by atoms with Crippen molar-refractivity contribution >= 4 is 23.2 Å². The predicted molar refractivity (Wildman–Crippen MR) is 60.0 cm³/mol. The van der Waals surface area contributed by atoms with Crippen molar-refractivity contribution in [2.45, 2.75) is 13.3 Å². The van der Waals surface area contributed by atoms with Crippen LogP contribution in [0.3, 0.4) is 0 Å². The fourth-order valence-electron chi connectivity index (χ4n) is 1.07. The molecule has 4 nitrogen and oxygen atoms in total. The van der Waals surface area contributed by atoms with E-state index in [2.05, 4.69) is 10.6 Å². The molecule has 0 unspecified atom stereocenters. The molecule has 2 amide bonds. The normalized spacial score (nSPS) is 9.67. The highest BCUT2D eigenvalue weighted by molar-refractivity contribution is 7.12. The van der Waals surface area contributed by atoms with Crippen molar-refractivity contribution in [1.29, 1.82) is 0 Å². The van der Waals surface area contributed by atoms with Crippen LogP contribution in [0.5, 0.6) is 0 Å². The molecule has 0 saturated heterocycles. The van der Waals surface area contributed by atoms with E-state index in [1.54, 1.807) is 6.07 Å². The first-order valence-corrected chi connectivity index (χ1v) is 5.70. The van der Waals surface area contributed by atoms with E-state index in [0.29, 0.717) is 24.4 Å². The third kappa shape index (κ3) is 4.12. The number of nitrogens with one attached hydrogen (secondary N) is 2. The minimum Gasteiger partial charge on any atom is -0.356 e. The Morgan fingerprint density at radius 3 is 2.80 bits per heavy atom. The molecule has 0 atom stereocenters. The molecule has 0 fully saturated rings. The number of hydrogen-bond donors (Lipinski definition) is 2. The summed E-state index contributed by atoms with van der Waals surface area (Å²) in [5.74, 6) is -0.154. The monoisotopic (exact) mass is 226 g/mol. The molecule has 5 heteroatoms. The third-order valence-electron chi connectivity index (χ3n) is 1.76. The fourth-order valence-corrected chi connectivity index (χ4v) is 1.71. The second kappa shape index (κ2) is 6.19. The molecule has 0 aliphatic carbocycles. The number of carbonyl (C=O) groups is 2. The molecule has 2 N–H and O–H groups in total. The molecular formula is C10H14N2O2S. The highest BCUT2D eigenvalue weighted by Crippen LogP contribution is 2.07. The SMILES string of the molecule is CCNC(=O)CCNC(=O)c1cccs1. The van der Waals surface area contributed by atoms with E-state index in [1.807, 2.05) is 18.4 Å². The van der Waals surface area contributed by atoms with Gasteiger partial charge in [-0.15, -0.1) is 11.3 Å². The molecule has 1 heterocycles. The lowest BCUT2D eigenvalue weighted by molar-refractivity contribution is -0.120. The zero-order chi connectivity index (χ0) is 11.1. The third-order valence-corrected chi connectivity index (χ3v) is 2.63. The molecule has 0 aromatic carbocycles. The molecule has 0 bridgehead atoms. The average Bonchev–Trinajstić information content (AvgIpc) is 2.70. The van der Waals surface area contributed by atoms with Crippen molar-refractivity contribution in [3.8, 4) is 0 Å². The number of rotatable bonds is 5. The summed E-state index contributed by atoms with van der Waals surface area (Å²) in [5.41, 5.74) is 0. The predicted octanol–water partition coefficient (Wildman–Crippen LogP) is 1.00. The van der Waals surface area contributed by atoms with Crippen LogP contribution >= 0.6 is 11.3 Å². The molecule has 0 saturated carbocycles. The highest BCUT2D eigenvalue weighted by Gasteiger charge is 2.06.